The number of nitrogens with one attached hydrogen (secondary N) is 2. The second kappa shape index (κ2) is 7.58. The Hall–Kier alpha value is -2.57. The quantitative estimate of drug-likeness (QED) is 0.753. The number of carbonyl (C=O) groups is 1. The third-order valence-electron chi connectivity index (χ3n) is 5.29. The minimum atomic E-state index is -0.0838. The smallest absolute Gasteiger partial charge is 0.255 e. The molecule has 2 aromatic carbocycles. The first-order chi connectivity index (χ1) is 13.2. The largest absolute Gasteiger partial charge is 0.492 e. The van der Waals surface area contributed by atoms with Crippen LogP contribution in [-0.4, -0.2) is 44.7 Å². The van der Waals surface area contributed by atoms with Crippen molar-refractivity contribution in [2.75, 3.05) is 43.0 Å². The molecule has 4 N–H and O–H groups in total. The van der Waals surface area contributed by atoms with Gasteiger partial charge in [-0.3, -0.25) is 4.79 Å². The zero-order chi connectivity index (χ0) is 18.8. The van der Waals surface area contributed by atoms with E-state index in [0.29, 0.717) is 24.8 Å². The van der Waals surface area contributed by atoms with Crippen LogP contribution in [0.2, 0.25) is 0 Å². The lowest BCUT2D eigenvalue weighted by molar-refractivity contribution is 0.102. The number of nitrogens with zero attached hydrogens (tertiary/aromatic N) is 1. The predicted octanol–water partition coefficient (Wildman–Crippen LogP) is 1.92. The Bertz CT molecular complexity index is 852. The lowest BCUT2D eigenvalue weighted by Gasteiger charge is -2.32. The van der Waals surface area contributed by atoms with Crippen molar-refractivity contribution in [1.82, 2.24) is 5.32 Å². The van der Waals surface area contributed by atoms with Gasteiger partial charge in [0, 0.05) is 49.2 Å². The highest BCUT2D eigenvalue weighted by Gasteiger charge is 2.31. The fraction of sp³-hybridized carbons (Fsp3) is 0.381. The van der Waals surface area contributed by atoms with Gasteiger partial charge in [0.25, 0.3) is 5.91 Å². The summed E-state index contributed by atoms with van der Waals surface area (Å²) in [6.07, 6.45) is 0.996. The van der Waals surface area contributed by atoms with E-state index in [1.807, 2.05) is 37.3 Å². The molecule has 0 saturated carbocycles. The number of anilines is 2. The van der Waals surface area contributed by atoms with Gasteiger partial charge in [-0.25, -0.2) is 0 Å². The number of benzene rings is 2. The topological polar surface area (TPSA) is 79.6 Å². The average Bonchev–Trinajstić information content (AvgIpc) is 3.06. The van der Waals surface area contributed by atoms with E-state index in [1.54, 1.807) is 0 Å². The number of amides is 1. The first-order valence-electron chi connectivity index (χ1n) is 9.51. The zero-order valence-electron chi connectivity index (χ0n) is 15.6. The summed E-state index contributed by atoms with van der Waals surface area (Å²) < 4.78 is 5.53. The van der Waals surface area contributed by atoms with E-state index in [4.69, 9.17) is 10.5 Å². The summed E-state index contributed by atoms with van der Waals surface area (Å²) in [5, 5.41) is 6.46. The van der Waals surface area contributed by atoms with E-state index in [9.17, 15) is 4.79 Å². The summed E-state index contributed by atoms with van der Waals surface area (Å²) in [5.74, 6) is 0.679. The highest BCUT2D eigenvalue weighted by atomic mass is 16.5. The second-order valence-corrected chi connectivity index (χ2v) is 7.17. The number of aryl methyl sites for hydroxylation is 1. The number of piperazine rings is 1. The van der Waals surface area contributed by atoms with Crippen LogP contribution in [0, 0.1) is 6.92 Å². The first-order valence-corrected chi connectivity index (χ1v) is 9.51. The molecule has 0 bridgehead atoms. The molecule has 2 aromatic rings. The second-order valence-electron chi connectivity index (χ2n) is 7.17. The number of fused-ring (bicyclic) bond motifs is 3. The van der Waals surface area contributed by atoms with Gasteiger partial charge in [-0.15, -0.1) is 0 Å². The standard InChI is InChI=1S/C21H26N4O2/c1-14-10-18(27-9-6-22)3-4-19(14)24-21(26)15-2-5-20-16(11-15)12-17-13-23-7-8-25(17)20/h2-5,10-11,17,23H,6-9,12-13,22H2,1H3,(H,24,26). The van der Waals surface area contributed by atoms with Crippen molar-refractivity contribution >= 4 is 17.3 Å². The minimum Gasteiger partial charge on any atom is -0.492 e. The van der Waals surface area contributed by atoms with Crippen LogP contribution in [0.5, 0.6) is 5.75 Å². The van der Waals surface area contributed by atoms with Crippen molar-refractivity contribution in [2.45, 2.75) is 19.4 Å². The summed E-state index contributed by atoms with van der Waals surface area (Å²) in [4.78, 5) is 15.2. The molecule has 4 rings (SSSR count). The van der Waals surface area contributed by atoms with Crippen LogP contribution in [0.3, 0.4) is 0 Å². The van der Waals surface area contributed by atoms with E-state index in [-0.39, 0.29) is 5.91 Å². The van der Waals surface area contributed by atoms with Crippen molar-refractivity contribution in [3.05, 3.63) is 53.1 Å². The molecule has 1 fully saturated rings. The Kier molecular flexibility index (Phi) is 5.01. The van der Waals surface area contributed by atoms with E-state index in [0.717, 1.165) is 43.1 Å². The van der Waals surface area contributed by atoms with Crippen molar-refractivity contribution in [3.63, 3.8) is 0 Å². The van der Waals surface area contributed by atoms with Gasteiger partial charge in [0.05, 0.1) is 0 Å². The summed E-state index contributed by atoms with van der Waals surface area (Å²) in [5.41, 5.74) is 10.5. The normalized spacial score (nSPS) is 18.0. The van der Waals surface area contributed by atoms with Crippen molar-refractivity contribution in [3.8, 4) is 5.75 Å². The molecule has 27 heavy (non-hydrogen) atoms. The van der Waals surface area contributed by atoms with Gasteiger partial charge in [0.15, 0.2) is 0 Å². The maximum atomic E-state index is 12.8. The van der Waals surface area contributed by atoms with Crippen LogP contribution in [-0.2, 0) is 6.42 Å². The molecule has 1 atom stereocenters. The fourth-order valence-corrected chi connectivity index (χ4v) is 3.92. The molecule has 1 amide bonds. The summed E-state index contributed by atoms with van der Waals surface area (Å²) in [7, 11) is 0. The highest BCUT2D eigenvalue weighted by Crippen LogP contribution is 2.33. The average molecular weight is 366 g/mol. The first kappa shape index (κ1) is 17.8. The Morgan fingerprint density at radius 1 is 1.33 bits per heavy atom. The molecule has 0 spiro atoms. The SMILES string of the molecule is Cc1cc(OCCN)ccc1NC(=O)c1ccc2c(c1)CC1CNCCN21. The molecule has 6 nitrogen and oxygen atoms in total. The van der Waals surface area contributed by atoms with Crippen LogP contribution in [0.15, 0.2) is 36.4 Å². The van der Waals surface area contributed by atoms with E-state index in [1.165, 1.54) is 11.3 Å². The monoisotopic (exact) mass is 366 g/mol. The number of hydrogen-bond acceptors (Lipinski definition) is 5. The van der Waals surface area contributed by atoms with Gasteiger partial charge in [-0.05, 0) is 60.9 Å². The summed E-state index contributed by atoms with van der Waals surface area (Å²) in [6.45, 7) is 5.97. The van der Waals surface area contributed by atoms with E-state index >= 15 is 0 Å². The van der Waals surface area contributed by atoms with Crippen LogP contribution in [0.25, 0.3) is 0 Å². The van der Waals surface area contributed by atoms with Crippen LogP contribution in [0.4, 0.5) is 11.4 Å². The Labute approximate surface area is 159 Å². The molecule has 6 heteroatoms. The molecule has 0 radical (unpaired) electrons. The molecular formula is C21H26N4O2. The molecule has 2 aliphatic heterocycles. The van der Waals surface area contributed by atoms with Crippen LogP contribution >= 0.6 is 0 Å². The maximum Gasteiger partial charge on any atom is 0.255 e. The number of nitrogens with two attached hydrogens (primary N) is 1. The number of hydrogen-bond donors (Lipinski definition) is 3. The predicted molar refractivity (Wildman–Crippen MR) is 108 cm³/mol. The number of rotatable bonds is 5. The lowest BCUT2D eigenvalue weighted by Crippen LogP contribution is -2.49. The van der Waals surface area contributed by atoms with Crippen molar-refractivity contribution < 1.29 is 9.53 Å². The number of carbonyl (C=O) groups excluding carboxylic acids is 1. The fourth-order valence-electron chi connectivity index (χ4n) is 3.92. The molecule has 0 aliphatic carbocycles. The van der Waals surface area contributed by atoms with Crippen LogP contribution in [0.1, 0.15) is 21.5 Å². The van der Waals surface area contributed by atoms with Crippen LogP contribution < -0.4 is 26.0 Å². The minimum absolute atomic E-state index is 0.0838. The highest BCUT2D eigenvalue weighted by molar-refractivity contribution is 6.05. The molecule has 0 aromatic heterocycles. The molecule has 1 saturated heterocycles. The Morgan fingerprint density at radius 3 is 3.04 bits per heavy atom. The third-order valence-corrected chi connectivity index (χ3v) is 5.29. The molecule has 142 valence electrons. The Balaban J connectivity index is 1.48. The number of ether oxygens (including phenoxy) is 1. The zero-order valence-corrected chi connectivity index (χ0v) is 15.6. The maximum absolute atomic E-state index is 12.8. The Morgan fingerprint density at radius 2 is 2.22 bits per heavy atom. The van der Waals surface area contributed by atoms with Gasteiger partial charge in [0.1, 0.15) is 12.4 Å². The van der Waals surface area contributed by atoms with Gasteiger partial charge >= 0.3 is 0 Å². The molecule has 2 aliphatic rings. The van der Waals surface area contributed by atoms with Gasteiger partial charge < -0.3 is 26.0 Å². The van der Waals surface area contributed by atoms with Crippen molar-refractivity contribution in [2.24, 2.45) is 5.73 Å². The third kappa shape index (κ3) is 3.63. The van der Waals surface area contributed by atoms with E-state index < -0.39 is 0 Å². The van der Waals surface area contributed by atoms with Crippen molar-refractivity contribution in [1.29, 1.82) is 0 Å². The summed E-state index contributed by atoms with van der Waals surface area (Å²) in [6, 6.07) is 12.2. The van der Waals surface area contributed by atoms with E-state index in [2.05, 4.69) is 21.6 Å². The van der Waals surface area contributed by atoms with Gasteiger partial charge in [-0.2, -0.15) is 0 Å². The van der Waals surface area contributed by atoms with Gasteiger partial charge in [-0.1, -0.05) is 0 Å². The molecule has 2 heterocycles. The van der Waals surface area contributed by atoms with Gasteiger partial charge in [0.2, 0.25) is 0 Å². The summed E-state index contributed by atoms with van der Waals surface area (Å²) >= 11 is 0. The lowest BCUT2D eigenvalue weighted by atomic mass is 10.1. The molecular weight excluding hydrogens is 340 g/mol. The molecule has 1 unspecified atom stereocenters.